The molecule has 2 N–H and O–H groups in total. The second-order valence-electron chi connectivity index (χ2n) is 19.4. The molecule has 5 atom stereocenters. The van der Waals surface area contributed by atoms with Crippen LogP contribution in [0.3, 0.4) is 0 Å². The standard InChI is InChI=1S/C61H53N5/c1-2-17-39(18-3-1)59-62-60(64-61(63-59)53-35-41-19-5-6-20-44(41)46-22-8-9-23-47(46)53)51-26-12-15-29-56(51)66-55-28-14-11-25-49(55)52-36-42-34-43(32-30-40(42)37-57(52)66)65-54-27-13-10-24-48(54)50-33-31-38-16-4-7-21-45(38)58(50)65/h1-2,4-6,8,11-17,19-20,22,25-33,35-37,41-42,44,60-61,64H,3,7,9-10,18,21,23-24,34H2,(H,62,63). The Morgan fingerprint density at radius 2 is 1.53 bits per heavy atom. The Bertz CT molecular complexity index is 3480. The SMILES string of the molecule is C1=CCCC(C2=NC(c3ccccc3-n3c4c(c5ccccc53)=CC3CC(n5c6c(c7ccc8c(c75)CCC=C8)CCC=C6)=CC=C3C=4)NC(C3=CC4C=CC=CC4C4=C3CCC=C4)N2)=C1. The first-order valence-corrected chi connectivity index (χ1v) is 24.5. The van der Waals surface area contributed by atoms with Crippen molar-refractivity contribution in [2.24, 2.45) is 22.7 Å². The molecule has 3 heterocycles. The quantitative estimate of drug-likeness (QED) is 0.185. The smallest absolute Gasteiger partial charge is 0.131 e. The van der Waals surface area contributed by atoms with Gasteiger partial charge in [0.25, 0.3) is 0 Å². The summed E-state index contributed by atoms with van der Waals surface area (Å²) in [7, 11) is 0. The maximum Gasteiger partial charge on any atom is 0.131 e. The van der Waals surface area contributed by atoms with Gasteiger partial charge in [-0.1, -0.05) is 140 Å². The zero-order chi connectivity index (χ0) is 43.3. The van der Waals surface area contributed by atoms with E-state index in [-0.39, 0.29) is 18.2 Å². The third-order valence-electron chi connectivity index (χ3n) is 15.8. The van der Waals surface area contributed by atoms with Gasteiger partial charge in [-0.25, -0.2) is 4.99 Å². The van der Waals surface area contributed by atoms with Crippen LogP contribution in [0.15, 0.2) is 179 Å². The van der Waals surface area contributed by atoms with Crippen LogP contribution in [0.4, 0.5) is 0 Å². The van der Waals surface area contributed by atoms with Crippen LogP contribution >= 0.6 is 0 Å². The predicted molar refractivity (Wildman–Crippen MR) is 274 cm³/mol. The number of hydrogen-bond acceptors (Lipinski definition) is 3. The van der Waals surface area contributed by atoms with E-state index in [1.165, 1.54) is 99.6 Å². The van der Waals surface area contributed by atoms with E-state index in [0.717, 1.165) is 63.6 Å². The van der Waals surface area contributed by atoms with Crippen molar-refractivity contribution in [1.29, 1.82) is 0 Å². The third kappa shape index (κ3) is 5.98. The number of aliphatic imine (C=N–C) groups is 1. The lowest BCUT2D eigenvalue weighted by atomic mass is 9.71. The fraction of sp³-hybridized carbons (Fsp3) is 0.230. The van der Waals surface area contributed by atoms with Gasteiger partial charge in [0.05, 0.1) is 22.1 Å². The Morgan fingerprint density at radius 3 is 2.48 bits per heavy atom. The average Bonchev–Trinajstić information content (AvgIpc) is 3.90. The van der Waals surface area contributed by atoms with Gasteiger partial charge in [-0.15, -0.1) is 0 Å². The van der Waals surface area contributed by atoms with Crippen molar-refractivity contribution in [1.82, 2.24) is 19.8 Å². The molecule has 0 saturated heterocycles. The van der Waals surface area contributed by atoms with Gasteiger partial charge < -0.3 is 14.5 Å². The highest BCUT2D eigenvalue weighted by molar-refractivity contribution is 6.00. The molecule has 5 aromatic rings. The molecule has 0 amide bonds. The maximum atomic E-state index is 5.59. The third-order valence-corrected chi connectivity index (χ3v) is 15.8. The van der Waals surface area contributed by atoms with Crippen LogP contribution in [0, 0.1) is 17.8 Å². The van der Waals surface area contributed by atoms with Crippen LogP contribution in [0.2, 0.25) is 0 Å². The average molecular weight is 856 g/mol. The molecule has 322 valence electrons. The van der Waals surface area contributed by atoms with Gasteiger partial charge in [0.2, 0.25) is 0 Å². The number of nitrogens with zero attached hydrogens (tertiary/aromatic N) is 3. The van der Waals surface area contributed by atoms with Gasteiger partial charge in [-0.3, -0.25) is 5.32 Å². The zero-order valence-corrected chi connectivity index (χ0v) is 37.3. The zero-order valence-electron chi connectivity index (χ0n) is 37.3. The molecule has 1 aliphatic heterocycles. The van der Waals surface area contributed by atoms with Crippen LogP contribution in [0.25, 0.3) is 57.5 Å². The van der Waals surface area contributed by atoms with Crippen molar-refractivity contribution in [2.75, 3.05) is 0 Å². The Morgan fingerprint density at radius 1 is 0.682 bits per heavy atom. The Hall–Kier alpha value is -6.95. The van der Waals surface area contributed by atoms with E-state index in [1.807, 2.05) is 0 Å². The first-order valence-electron chi connectivity index (χ1n) is 24.5. The van der Waals surface area contributed by atoms with Gasteiger partial charge in [0.15, 0.2) is 0 Å². The molecule has 5 unspecified atom stereocenters. The highest BCUT2D eigenvalue weighted by Crippen LogP contribution is 2.45. The summed E-state index contributed by atoms with van der Waals surface area (Å²) < 4.78 is 5.18. The summed E-state index contributed by atoms with van der Waals surface area (Å²) in [6, 6.07) is 22.8. The topological polar surface area (TPSA) is 46.3 Å². The van der Waals surface area contributed by atoms with Crippen LogP contribution in [-0.4, -0.2) is 21.1 Å². The minimum Gasteiger partial charge on any atom is -0.351 e. The van der Waals surface area contributed by atoms with E-state index in [1.54, 1.807) is 0 Å². The minimum atomic E-state index is -0.271. The molecule has 0 radical (unpaired) electrons. The second kappa shape index (κ2) is 15.3. The molecule has 8 aliphatic carbocycles. The lowest BCUT2D eigenvalue weighted by Crippen LogP contribution is -2.53. The molecule has 14 rings (SSSR count). The number of aryl methyl sites for hydroxylation is 2. The van der Waals surface area contributed by atoms with Crippen LogP contribution in [0.5, 0.6) is 0 Å². The number of para-hydroxylation sites is 2. The summed E-state index contributed by atoms with van der Waals surface area (Å²) in [5, 5.41) is 13.4. The van der Waals surface area contributed by atoms with Gasteiger partial charge in [-0.05, 0) is 133 Å². The molecule has 0 fully saturated rings. The van der Waals surface area contributed by atoms with Crippen molar-refractivity contribution in [3.63, 3.8) is 0 Å². The molecular weight excluding hydrogens is 803 g/mol. The summed E-state index contributed by atoms with van der Waals surface area (Å²) in [6.45, 7) is 0. The van der Waals surface area contributed by atoms with E-state index < -0.39 is 0 Å². The van der Waals surface area contributed by atoms with Gasteiger partial charge in [0, 0.05) is 50.7 Å². The van der Waals surface area contributed by atoms with E-state index in [9.17, 15) is 0 Å². The summed E-state index contributed by atoms with van der Waals surface area (Å²) in [6.07, 6.45) is 51.8. The van der Waals surface area contributed by atoms with E-state index >= 15 is 0 Å². The predicted octanol–water partition coefficient (Wildman–Crippen LogP) is 11.7. The van der Waals surface area contributed by atoms with Crippen molar-refractivity contribution >= 4 is 57.6 Å². The van der Waals surface area contributed by atoms with Crippen molar-refractivity contribution in [2.45, 2.75) is 70.1 Å². The van der Waals surface area contributed by atoms with Crippen LogP contribution in [-0.2, 0) is 12.8 Å². The molecule has 0 bridgehead atoms. The normalized spacial score (nSPS) is 25.5. The van der Waals surface area contributed by atoms with Crippen molar-refractivity contribution in [3.8, 4) is 5.69 Å². The van der Waals surface area contributed by atoms with Gasteiger partial charge in [0.1, 0.15) is 18.2 Å². The molecule has 66 heavy (non-hydrogen) atoms. The second-order valence-corrected chi connectivity index (χ2v) is 19.4. The van der Waals surface area contributed by atoms with E-state index in [0.29, 0.717) is 11.8 Å². The molecule has 5 nitrogen and oxygen atoms in total. The summed E-state index contributed by atoms with van der Waals surface area (Å²) >= 11 is 0. The highest BCUT2D eigenvalue weighted by atomic mass is 15.3. The fourth-order valence-electron chi connectivity index (χ4n) is 12.7. The first kappa shape index (κ1) is 38.3. The minimum absolute atomic E-state index is 0.0936. The Balaban J connectivity index is 0.901. The summed E-state index contributed by atoms with van der Waals surface area (Å²) in [4.78, 5) is 5.59. The van der Waals surface area contributed by atoms with E-state index in [2.05, 4.69) is 190 Å². The van der Waals surface area contributed by atoms with Crippen molar-refractivity contribution in [3.05, 3.63) is 212 Å². The van der Waals surface area contributed by atoms with E-state index in [4.69, 9.17) is 4.99 Å². The maximum absolute atomic E-state index is 5.59. The summed E-state index contributed by atoms with van der Waals surface area (Å²) in [5.41, 5.74) is 19.1. The number of rotatable bonds is 5. The molecule has 0 saturated carbocycles. The lowest BCUT2D eigenvalue weighted by Gasteiger charge is -2.40. The number of hydrogen-bond donors (Lipinski definition) is 2. The molecule has 3 aromatic carbocycles. The molecule has 9 aliphatic rings. The molecular formula is C61H53N5. The number of nitrogens with one attached hydrogen (secondary N) is 2. The number of fused-ring (bicyclic) bond motifs is 11. The number of aromatic nitrogens is 2. The largest absolute Gasteiger partial charge is 0.351 e. The Labute approximate surface area is 386 Å². The summed E-state index contributed by atoms with van der Waals surface area (Å²) in [5.74, 6) is 2.00. The van der Waals surface area contributed by atoms with Gasteiger partial charge >= 0.3 is 0 Å². The van der Waals surface area contributed by atoms with Crippen LogP contribution < -0.4 is 21.2 Å². The number of allylic oxidation sites excluding steroid dienone is 17. The van der Waals surface area contributed by atoms with Gasteiger partial charge in [-0.2, -0.15) is 0 Å². The number of amidine groups is 1. The molecule has 5 heteroatoms. The highest BCUT2D eigenvalue weighted by Gasteiger charge is 2.37. The molecule has 2 aromatic heterocycles. The molecule has 0 spiro atoms. The van der Waals surface area contributed by atoms with Crippen molar-refractivity contribution < 1.29 is 0 Å². The lowest BCUT2D eigenvalue weighted by molar-refractivity contribution is 0.429. The first-order chi connectivity index (χ1) is 32.7. The Kier molecular flexibility index (Phi) is 8.90. The monoisotopic (exact) mass is 855 g/mol. The number of benzene rings is 3. The fourth-order valence-corrected chi connectivity index (χ4v) is 12.7. The van der Waals surface area contributed by atoms with Crippen LogP contribution in [0.1, 0.15) is 79.1 Å².